The molecule has 0 radical (unpaired) electrons. The third kappa shape index (κ3) is 3.69. The summed E-state index contributed by atoms with van der Waals surface area (Å²) in [4.78, 5) is 15.5. The summed E-state index contributed by atoms with van der Waals surface area (Å²) >= 11 is 0. The van der Waals surface area contributed by atoms with Crippen molar-refractivity contribution >= 4 is 16.0 Å². The molecule has 22 heavy (non-hydrogen) atoms. The van der Waals surface area contributed by atoms with Crippen molar-refractivity contribution in [1.29, 1.82) is 0 Å². The molecular formula is C15H16N2O4S. The van der Waals surface area contributed by atoms with E-state index in [1.165, 1.54) is 19.2 Å². The maximum atomic E-state index is 12.4. The summed E-state index contributed by atoms with van der Waals surface area (Å²) in [7, 11) is -2.49. The molecular weight excluding hydrogens is 304 g/mol. The first-order chi connectivity index (χ1) is 10.4. The molecule has 1 aromatic heterocycles. The fraction of sp³-hybridized carbons (Fsp3) is 0.200. The first-order valence-corrected chi connectivity index (χ1v) is 8.00. The van der Waals surface area contributed by atoms with Gasteiger partial charge in [0.25, 0.3) is 0 Å². The van der Waals surface area contributed by atoms with Gasteiger partial charge in [0.05, 0.1) is 17.6 Å². The lowest BCUT2D eigenvalue weighted by Gasteiger charge is -2.10. The second-order valence-corrected chi connectivity index (χ2v) is 6.39. The minimum Gasteiger partial charge on any atom is -0.465 e. The number of nitrogens with zero attached hydrogens (tertiary/aromatic N) is 1. The van der Waals surface area contributed by atoms with Gasteiger partial charge in [-0.2, -0.15) is 0 Å². The molecule has 0 amide bonds. The number of carbonyl (C=O) groups excluding carboxylic acids is 1. The molecule has 116 valence electrons. The van der Waals surface area contributed by atoms with Crippen LogP contribution in [0.15, 0.2) is 47.6 Å². The Morgan fingerprint density at radius 1 is 1.32 bits per heavy atom. The fourth-order valence-electron chi connectivity index (χ4n) is 1.89. The van der Waals surface area contributed by atoms with Crippen LogP contribution < -0.4 is 4.72 Å². The lowest BCUT2D eigenvalue weighted by atomic mass is 10.1. The van der Waals surface area contributed by atoms with E-state index in [0.29, 0.717) is 5.56 Å². The number of aromatic nitrogens is 1. The van der Waals surface area contributed by atoms with Crippen LogP contribution >= 0.6 is 0 Å². The maximum Gasteiger partial charge on any atom is 0.337 e. The molecule has 0 saturated heterocycles. The SMILES string of the molecule is COC(=O)c1ccc(C)c(S(=O)(=O)NCc2cccnc2)c1. The van der Waals surface area contributed by atoms with Crippen LogP contribution in [0.25, 0.3) is 0 Å². The van der Waals surface area contributed by atoms with Crippen LogP contribution in [0.1, 0.15) is 21.5 Å². The zero-order valence-electron chi connectivity index (χ0n) is 12.2. The molecule has 2 aromatic rings. The molecule has 0 saturated carbocycles. The van der Waals surface area contributed by atoms with E-state index in [1.54, 1.807) is 37.5 Å². The molecule has 0 aliphatic heterocycles. The minimum atomic E-state index is -3.74. The highest BCUT2D eigenvalue weighted by molar-refractivity contribution is 7.89. The van der Waals surface area contributed by atoms with Crippen molar-refractivity contribution in [2.45, 2.75) is 18.4 Å². The number of pyridine rings is 1. The Morgan fingerprint density at radius 3 is 2.73 bits per heavy atom. The maximum absolute atomic E-state index is 12.4. The summed E-state index contributed by atoms with van der Waals surface area (Å²) in [5.74, 6) is -0.580. The van der Waals surface area contributed by atoms with Gasteiger partial charge >= 0.3 is 5.97 Å². The number of benzene rings is 1. The Balaban J connectivity index is 2.27. The standard InChI is InChI=1S/C15H16N2O4S/c1-11-5-6-13(15(18)21-2)8-14(11)22(19,20)17-10-12-4-3-7-16-9-12/h3-9,17H,10H2,1-2H3. The highest BCUT2D eigenvalue weighted by Crippen LogP contribution is 2.18. The predicted molar refractivity (Wildman–Crippen MR) is 80.8 cm³/mol. The quantitative estimate of drug-likeness (QED) is 0.847. The minimum absolute atomic E-state index is 0.0549. The zero-order chi connectivity index (χ0) is 16.2. The van der Waals surface area contributed by atoms with E-state index in [2.05, 4.69) is 14.4 Å². The summed E-state index contributed by atoms with van der Waals surface area (Å²) in [6.45, 7) is 1.79. The average Bonchev–Trinajstić information content (AvgIpc) is 2.53. The Labute approximate surface area is 129 Å². The highest BCUT2D eigenvalue weighted by Gasteiger charge is 2.19. The van der Waals surface area contributed by atoms with E-state index in [9.17, 15) is 13.2 Å². The van der Waals surface area contributed by atoms with Crippen LogP contribution in [-0.2, 0) is 21.3 Å². The number of aryl methyl sites for hydroxylation is 1. The number of carbonyl (C=O) groups is 1. The van der Waals surface area contributed by atoms with Gasteiger partial charge in [0.1, 0.15) is 0 Å². The first-order valence-electron chi connectivity index (χ1n) is 6.51. The Bertz CT molecular complexity index is 773. The number of ether oxygens (including phenoxy) is 1. The molecule has 7 heteroatoms. The van der Waals surface area contributed by atoms with Gasteiger partial charge in [-0.1, -0.05) is 12.1 Å². The largest absolute Gasteiger partial charge is 0.465 e. The molecule has 0 aliphatic carbocycles. The van der Waals surface area contributed by atoms with Gasteiger partial charge in [-0.05, 0) is 36.2 Å². The van der Waals surface area contributed by atoms with Crippen molar-refractivity contribution in [3.63, 3.8) is 0 Å². The topological polar surface area (TPSA) is 85.4 Å². The molecule has 2 rings (SSSR count). The van der Waals surface area contributed by atoms with Crippen LogP contribution in [0.3, 0.4) is 0 Å². The molecule has 0 unspecified atom stereocenters. The van der Waals surface area contributed by atoms with Crippen LogP contribution in [0, 0.1) is 6.92 Å². The van der Waals surface area contributed by atoms with E-state index in [-0.39, 0.29) is 17.0 Å². The van der Waals surface area contributed by atoms with Gasteiger partial charge < -0.3 is 4.74 Å². The van der Waals surface area contributed by atoms with Gasteiger partial charge in [0.15, 0.2) is 0 Å². The molecule has 1 N–H and O–H groups in total. The van der Waals surface area contributed by atoms with Crippen molar-refractivity contribution < 1.29 is 17.9 Å². The zero-order valence-corrected chi connectivity index (χ0v) is 13.1. The van der Waals surface area contributed by atoms with Crippen molar-refractivity contribution in [3.05, 3.63) is 59.4 Å². The van der Waals surface area contributed by atoms with E-state index in [1.807, 2.05) is 0 Å². The third-order valence-electron chi connectivity index (χ3n) is 3.09. The molecule has 0 spiro atoms. The van der Waals surface area contributed by atoms with Gasteiger partial charge in [-0.25, -0.2) is 17.9 Å². The summed E-state index contributed by atoms with van der Waals surface area (Å²) in [6, 6.07) is 7.92. The Morgan fingerprint density at radius 2 is 2.09 bits per heavy atom. The second-order valence-electron chi connectivity index (χ2n) is 4.66. The fourth-order valence-corrected chi connectivity index (χ4v) is 3.18. The van der Waals surface area contributed by atoms with E-state index in [4.69, 9.17) is 0 Å². The van der Waals surface area contributed by atoms with Crippen molar-refractivity contribution in [2.24, 2.45) is 0 Å². The van der Waals surface area contributed by atoms with Gasteiger partial charge in [0.2, 0.25) is 10.0 Å². The number of hydrogen-bond donors (Lipinski definition) is 1. The first kappa shape index (κ1) is 16.1. The molecule has 1 heterocycles. The normalized spacial score (nSPS) is 11.2. The third-order valence-corrected chi connectivity index (χ3v) is 4.63. The van der Waals surface area contributed by atoms with Gasteiger partial charge in [-0.3, -0.25) is 4.98 Å². The lowest BCUT2D eigenvalue weighted by molar-refractivity contribution is 0.0600. The number of esters is 1. The summed E-state index contributed by atoms with van der Waals surface area (Å²) in [5, 5.41) is 0. The number of rotatable bonds is 5. The predicted octanol–water partition coefficient (Wildman–Crippen LogP) is 1.66. The average molecular weight is 320 g/mol. The van der Waals surface area contributed by atoms with E-state index in [0.717, 1.165) is 5.56 Å². The molecule has 0 bridgehead atoms. The monoisotopic (exact) mass is 320 g/mol. The number of hydrogen-bond acceptors (Lipinski definition) is 5. The second kappa shape index (κ2) is 6.67. The number of nitrogens with one attached hydrogen (secondary N) is 1. The van der Waals surface area contributed by atoms with Gasteiger partial charge in [0, 0.05) is 18.9 Å². The lowest BCUT2D eigenvalue weighted by Crippen LogP contribution is -2.24. The molecule has 0 fully saturated rings. The van der Waals surface area contributed by atoms with Crippen molar-refractivity contribution in [1.82, 2.24) is 9.71 Å². The van der Waals surface area contributed by atoms with Crippen molar-refractivity contribution in [2.75, 3.05) is 7.11 Å². The van der Waals surface area contributed by atoms with Crippen LogP contribution in [0.5, 0.6) is 0 Å². The summed E-state index contributed by atoms with van der Waals surface area (Å²) in [6.07, 6.45) is 3.20. The molecule has 0 atom stereocenters. The summed E-state index contributed by atoms with van der Waals surface area (Å²) in [5.41, 5.74) is 1.48. The summed E-state index contributed by atoms with van der Waals surface area (Å²) < 4.78 is 31.9. The molecule has 1 aromatic carbocycles. The Hall–Kier alpha value is -2.25. The number of methoxy groups -OCH3 is 1. The van der Waals surface area contributed by atoms with Crippen LogP contribution in [-0.4, -0.2) is 26.5 Å². The Kier molecular flexibility index (Phi) is 4.89. The van der Waals surface area contributed by atoms with Crippen molar-refractivity contribution in [3.8, 4) is 0 Å². The van der Waals surface area contributed by atoms with Gasteiger partial charge in [-0.15, -0.1) is 0 Å². The smallest absolute Gasteiger partial charge is 0.337 e. The van der Waals surface area contributed by atoms with E-state index < -0.39 is 16.0 Å². The molecule has 6 nitrogen and oxygen atoms in total. The highest BCUT2D eigenvalue weighted by atomic mass is 32.2. The van der Waals surface area contributed by atoms with Crippen LogP contribution in [0.2, 0.25) is 0 Å². The van der Waals surface area contributed by atoms with E-state index >= 15 is 0 Å². The molecule has 0 aliphatic rings. The number of sulfonamides is 1. The van der Waals surface area contributed by atoms with Crippen LogP contribution in [0.4, 0.5) is 0 Å².